The normalized spacial score (nSPS) is 16.9. The molecule has 0 radical (unpaired) electrons. The number of amides is 1. The second-order valence-corrected chi connectivity index (χ2v) is 5.85. The fourth-order valence-corrected chi connectivity index (χ4v) is 2.46. The summed E-state index contributed by atoms with van der Waals surface area (Å²) >= 11 is 0. The van der Waals surface area contributed by atoms with Crippen LogP contribution in [0.2, 0.25) is 0 Å². The number of carbonyl (C=O) groups is 1. The molecule has 0 spiro atoms. The van der Waals surface area contributed by atoms with Crippen molar-refractivity contribution in [2.45, 2.75) is 33.9 Å². The summed E-state index contributed by atoms with van der Waals surface area (Å²) in [6, 6.07) is 3.95. The summed E-state index contributed by atoms with van der Waals surface area (Å²) < 4.78 is 10.9. The molecule has 0 aliphatic carbocycles. The molecular formula is C14H17NO3. The van der Waals surface area contributed by atoms with Crippen molar-refractivity contribution >= 4 is 5.91 Å². The Bertz CT molecular complexity index is 517. The third-order valence-corrected chi connectivity index (χ3v) is 3.38. The van der Waals surface area contributed by atoms with Gasteiger partial charge < -0.3 is 14.4 Å². The predicted molar refractivity (Wildman–Crippen MR) is 66.3 cm³/mol. The molecule has 1 aromatic carbocycles. The Balaban J connectivity index is 1.91. The lowest BCUT2D eigenvalue weighted by molar-refractivity contribution is -0.140. The highest BCUT2D eigenvalue weighted by Crippen LogP contribution is 2.42. The van der Waals surface area contributed by atoms with Gasteiger partial charge >= 0.3 is 0 Å². The van der Waals surface area contributed by atoms with E-state index >= 15 is 0 Å². The van der Waals surface area contributed by atoms with Crippen molar-refractivity contribution in [1.82, 2.24) is 4.90 Å². The molecular weight excluding hydrogens is 230 g/mol. The number of hydrogen-bond acceptors (Lipinski definition) is 3. The van der Waals surface area contributed by atoms with E-state index in [2.05, 4.69) is 0 Å². The molecule has 0 saturated carbocycles. The van der Waals surface area contributed by atoms with E-state index in [0.29, 0.717) is 13.1 Å². The fourth-order valence-electron chi connectivity index (χ4n) is 2.46. The summed E-state index contributed by atoms with van der Waals surface area (Å²) in [5, 5.41) is 0. The van der Waals surface area contributed by atoms with Gasteiger partial charge in [0.1, 0.15) is 0 Å². The first-order valence-electron chi connectivity index (χ1n) is 6.16. The summed E-state index contributed by atoms with van der Waals surface area (Å²) in [7, 11) is 0. The predicted octanol–water partition coefficient (Wildman–Crippen LogP) is 2.30. The second-order valence-electron chi connectivity index (χ2n) is 5.85. The third-order valence-electron chi connectivity index (χ3n) is 3.38. The minimum atomic E-state index is -0.345. The molecule has 0 unspecified atom stereocenters. The fraction of sp³-hybridized carbons (Fsp3) is 0.500. The Morgan fingerprint density at radius 3 is 2.72 bits per heavy atom. The van der Waals surface area contributed by atoms with Crippen molar-refractivity contribution in [3.8, 4) is 11.5 Å². The highest BCUT2D eigenvalue weighted by molar-refractivity contribution is 5.82. The van der Waals surface area contributed by atoms with Gasteiger partial charge in [0.15, 0.2) is 11.5 Å². The number of hydrogen-bond donors (Lipinski definition) is 0. The first-order chi connectivity index (χ1) is 8.47. The first kappa shape index (κ1) is 11.4. The van der Waals surface area contributed by atoms with Gasteiger partial charge in [0, 0.05) is 17.5 Å². The first-order valence-corrected chi connectivity index (χ1v) is 6.16. The third kappa shape index (κ3) is 1.64. The highest BCUT2D eigenvalue weighted by atomic mass is 16.7. The molecule has 2 heterocycles. The van der Waals surface area contributed by atoms with E-state index in [1.165, 1.54) is 0 Å². The Labute approximate surface area is 106 Å². The van der Waals surface area contributed by atoms with Crippen LogP contribution in [0.5, 0.6) is 11.5 Å². The Morgan fingerprint density at radius 1 is 1.22 bits per heavy atom. The summed E-state index contributed by atoms with van der Waals surface area (Å²) in [5.74, 6) is 1.78. The lowest BCUT2D eigenvalue weighted by Crippen LogP contribution is -2.35. The SMILES string of the molecule is CC(C)(C)C(=O)N1Cc2ccc3c(c2C1)OCO3. The summed E-state index contributed by atoms with van der Waals surface area (Å²) in [4.78, 5) is 14.2. The average molecular weight is 247 g/mol. The van der Waals surface area contributed by atoms with E-state index < -0.39 is 0 Å². The molecule has 3 rings (SSSR count). The van der Waals surface area contributed by atoms with Gasteiger partial charge in [0.05, 0.1) is 6.54 Å². The van der Waals surface area contributed by atoms with E-state index in [1.54, 1.807) is 0 Å². The zero-order chi connectivity index (χ0) is 12.9. The lowest BCUT2D eigenvalue weighted by Gasteiger charge is -2.25. The van der Waals surface area contributed by atoms with Crippen LogP contribution in [0.25, 0.3) is 0 Å². The zero-order valence-corrected chi connectivity index (χ0v) is 10.9. The van der Waals surface area contributed by atoms with Crippen LogP contribution in [0.4, 0.5) is 0 Å². The molecule has 96 valence electrons. The van der Waals surface area contributed by atoms with Gasteiger partial charge in [-0.2, -0.15) is 0 Å². The molecule has 0 fully saturated rings. The molecule has 4 nitrogen and oxygen atoms in total. The summed E-state index contributed by atoms with van der Waals surface area (Å²) in [6.45, 7) is 7.41. The Kier molecular flexibility index (Phi) is 2.30. The molecule has 0 atom stereocenters. The van der Waals surface area contributed by atoms with Crippen LogP contribution >= 0.6 is 0 Å². The van der Waals surface area contributed by atoms with Gasteiger partial charge in [-0.3, -0.25) is 4.79 Å². The maximum atomic E-state index is 12.3. The standard InChI is InChI=1S/C14H17NO3/c1-14(2,3)13(16)15-6-9-4-5-11-12(10(9)7-15)18-8-17-11/h4-5H,6-8H2,1-3H3. The van der Waals surface area contributed by atoms with Crippen LogP contribution in [0, 0.1) is 5.41 Å². The molecule has 0 saturated heterocycles. The lowest BCUT2D eigenvalue weighted by atomic mass is 9.95. The van der Waals surface area contributed by atoms with Crippen LogP contribution in [-0.2, 0) is 17.9 Å². The maximum absolute atomic E-state index is 12.3. The summed E-state index contributed by atoms with van der Waals surface area (Å²) in [6.07, 6.45) is 0. The molecule has 0 bridgehead atoms. The molecule has 0 N–H and O–H groups in total. The molecule has 2 aliphatic rings. The van der Waals surface area contributed by atoms with E-state index in [4.69, 9.17) is 9.47 Å². The minimum Gasteiger partial charge on any atom is -0.454 e. The van der Waals surface area contributed by atoms with Crippen molar-refractivity contribution in [1.29, 1.82) is 0 Å². The number of benzene rings is 1. The van der Waals surface area contributed by atoms with Gasteiger partial charge in [-0.05, 0) is 11.6 Å². The Morgan fingerprint density at radius 2 is 2.00 bits per heavy atom. The van der Waals surface area contributed by atoms with E-state index in [0.717, 1.165) is 22.6 Å². The van der Waals surface area contributed by atoms with Gasteiger partial charge in [-0.15, -0.1) is 0 Å². The summed E-state index contributed by atoms with van der Waals surface area (Å²) in [5.41, 5.74) is 1.92. The molecule has 18 heavy (non-hydrogen) atoms. The minimum absolute atomic E-state index is 0.173. The van der Waals surface area contributed by atoms with E-state index in [-0.39, 0.29) is 18.1 Å². The second kappa shape index (κ2) is 3.64. The Hall–Kier alpha value is -1.71. The number of nitrogens with zero attached hydrogens (tertiary/aromatic N) is 1. The monoisotopic (exact) mass is 247 g/mol. The topological polar surface area (TPSA) is 38.8 Å². The molecule has 1 amide bonds. The van der Waals surface area contributed by atoms with Crippen LogP contribution in [0.1, 0.15) is 31.9 Å². The molecule has 2 aliphatic heterocycles. The molecule has 0 aromatic heterocycles. The average Bonchev–Trinajstić information content (AvgIpc) is 2.91. The van der Waals surface area contributed by atoms with Gasteiger partial charge in [0.2, 0.25) is 12.7 Å². The van der Waals surface area contributed by atoms with Crippen LogP contribution in [0.3, 0.4) is 0 Å². The van der Waals surface area contributed by atoms with Crippen molar-refractivity contribution in [2.24, 2.45) is 5.41 Å². The maximum Gasteiger partial charge on any atom is 0.231 e. The number of carbonyl (C=O) groups excluding carboxylic acids is 1. The molecule has 4 heteroatoms. The largest absolute Gasteiger partial charge is 0.454 e. The van der Waals surface area contributed by atoms with Crippen LogP contribution in [0.15, 0.2) is 12.1 Å². The van der Waals surface area contributed by atoms with E-state index in [1.807, 2.05) is 37.8 Å². The van der Waals surface area contributed by atoms with Crippen molar-refractivity contribution in [3.63, 3.8) is 0 Å². The smallest absolute Gasteiger partial charge is 0.231 e. The zero-order valence-electron chi connectivity index (χ0n) is 10.9. The van der Waals surface area contributed by atoms with Crippen molar-refractivity contribution < 1.29 is 14.3 Å². The van der Waals surface area contributed by atoms with Crippen molar-refractivity contribution in [2.75, 3.05) is 6.79 Å². The van der Waals surface area contributed by atoms with Crippen LogP contribution < -0.4 is 9.47 Å². The molecule has 1 aromatic rings. The van der Waals surface area contributed by atoms with Gasteiger partial charge in [0.25, 0.3) is 0 Å². The number of rotatable bonds is 0. The quantitative estimate of drug-likeness (QED) is 0.706. The van der Waals surface area contributed by atoms with Crippen LogP contribution in [-0.4, -0.2) is 17.6 Å². The van der Waals surface area contributed by atoms with Crippen molar-refractivity contribution in [3.05, 3.63) is 23.3 Å². The van der Waals surface area contributed by atoms with Gasteiger partial charge in [-0.25, -0.2) is 0 Å². The van der Waals surface area contributed by atoms with E-state index in [9.17, 15) is 4.79 Å². The number of fused-ring (bicyclic) bond motifs is 3. The number of ether oxygens (including phenoxy) is 2. The van der Waals surface area contributed by atoms with Gasteiger partial charge in [-0.1, -0.05) is 26.8 Å². The highest BCUT2D eigenvalue weighted by Gasteiger charge is 2.34.